The molecule has 0 radical (unpaired) electrons. The summed E-state index contributed by atoms with van der Waals surface area (Å²) in [6.45, 7) is 7.50. The molecule has 38 heavy (non-hydrogen) atoms. The zero-order chi connectivity index (χ0) is 27.2. The molecule has 0 saturated heterocycles. The molecule has 1 aliphatic rings. The van der Waals surface area contributed by atoms with Crippen LogP contribution in [0.5, 0.6) is 11.5 Å². The number of amides is 2. The highest BCUT2D eigenvalue weighted by atomic mass is 16.5. The van der Waals surface area contributed by atoms with Crippen LogP contribution in [0.3, 0.4) is 0 Å². The summed E-state index contributed by atoms with van der Waals surface area (Å²) >= 11 is 0. The standard InChI is InChI=1S/C30H32N2O6/c1-5-36-30(35)28-20(4)32(18-24-14-15-26(38-24)29(34)31-19(2)3)27(33)17-25(28)21-10-9-13-23(16-21)37-22-11-7-6-8-12-22/h6-16,19,25H,5,17-18H2,1-4H3,(H,31,34). The second kappa shape index (κ2) is 11.8. The van der Waals surface area contributed by atoms with Crippen molar-refractivity contribution in [1.29, 1.82) is 0 Å². The van der Waals surface area contributed by atoms with Crippen LogP contribution in [-0.2, 0) is 20.9 Å². The quantitative estimate of drug-likeness (QED) is 0.374. The minimum Gasteiger partial charge on any atom is -0.463 e. The minimum atomic E-state index is -0.499. The first-order chi connectivity index (χ1) is 18.3. The Morgan fingerprint density at radius 3 is 2.50 bits per heavy atom. The molecule has 2 heterocycles. The first-order valence-electron chi connectivity index (χ1n) is 12.7. The maximum atomic E-state index is 13.4. The van der Waals surface area contributed by atoms with Crippen LogP contribution in [0.1, 0.15) is 61.9 Å². The van der Waals surface area contributed by atoms with Crippen molar-refractivity contribution < 1.29 is 28.3 Å². The van der Waals surface area contributed by atoms with Crippen molar-refractivity contribution in [1.82, 2.24) is 10.2 Å². The average molecular weight is 517 g/mol. The van der Waals surface area contributed by atoms with Gasteiger partial charge in [-0.1, -0.05) is 30.3 Å². The number of ether oxygens (including phenoxy) is 2. The Hall–Kier alpha value is -4.33. The molecule has 1 unspecified atom stereocenters. The van der Waals surface area contributed by atoms with E-state index >= 15 is 0 Å². The highest BCUT2D eigenvalue weighted by Gasteiger charge is 2.37. The second-order valence-corrected chi connectivity index (χ2v) is 9.34. The van der Waals surface area contributed by atoms with Gasteiger partial charge in [-0.25, -0.2) is 4.79 Å². The fraction of sp³-hybridized carbons (Fsp3) is 0.300. The van der Waals surface area contributed by atoms with Gasteiger partial charge < -0.3 is 24.1 Å². The molecular formula is C30H32N2O6. The molecule has 2 amide bonds. The lowest BCUT2D eigenvalue weighted by Crippen LogP contribution is -2.38. The summed E-state index contributed by atoms with van der Waals surface area (Å²) in [6, 6.07) is 20.0. The molecule has 2 aromatic carbocycles. The molecule has 1 aromatic heterocycles. The molecule has 0 aliphatic carbocycles. The molecule has 3 aromatic rings. The van der Waals surface area contributed by atoms with Crippen LogP contribution in [0.15, 0.2) is 82.4 Å². The molecular weight excluding hydrogens is 484 g/mol. The van der Waals surface area contributed by atoms with E-state index in [2.05, 4.69) is 5.32 Å². The predicted octanol–water partition coefficient (Wildman–Crippen LogP) is 5.56. The number of furan rings is 1. The van der Waals surface area contributed by atoms with Gasteiger partial charge in [-0.15, -0.1) is 0 Å². The van der Waals surface area contributed by atoms with Gasteiger partial charge in [-0.2, -0.15) is 0 Å². The molecule has 4 rings (SSSR count). The summed E-state index contributed by atoms with van der Waals surface area (Å²) in [5, 5.41) is 2.78. The number of carbonyl (C=O) groups is 3. The van der Waals surface area contributed by atoms with E-state index in [-0.39, 0.29) is 43.2 Å². The van der Waals surface area contributed by atoms with Gasteiger partial charge in [0.15, 0.2) is 5.76 Å². The molecule has 0 saturated carbocycles. The first-order valence-corrected chi connectivity index (χ1v) is 12.7. The lowest BCUT2D eigenvalue weighted by Gasteiger charge is -2.34. The molecule has 0 bridgehead atoms. The van der Waals surface area contributed by atoms with Crippen molar-refractivity contribution >= 4 is 17.8 Å². The lowest BCUT2D eigenvalue weighted by atomic mass is 9.83. The van der Waals surface area contributed by atoms with Crippen LogP contribution >= 0.6 is 0 Å². The number of carbonyl (C=O) groups excluding carboxylic acids is 3. The number of hydrogen-bond acceptors (Lipinski definition) is 6. The Kier molecular flexibility index (Phi) is 8.31. The summed E-state index contributed by atoms with van der Waals surface area (Å²) in [4.78, 5) is 40.3. The third-order valence-corrected chi connectivity index (χ3v) is 6.18. The predicted molar refractivity (Wildman–Crippen MR) is 142 cm³/mol. The van der Waals surface area contributed by atoms with E-state index in [1.165, 1.54) is 4.90 Å². The second-order valence-electron chi connectivity index (χ2n) is 9.34. The monoisotopic (exact) mass is 516 g/mol. The first kappa shape index (κ1) is 26.7. The van der Waals surface area contributed by atoms with E-state index in [9.17, 15) is 14.4 Å². The van der Waals surface area contributed by atoms with Gasteiger partial charge >= 0.3 is 5.97 Å². The molecule has 8 heteroatoms. The SMILES string of the molecule is CCOC(=O)C1=C(C)N(Cc2ccc(C(=O)NC(C)C)o2)C(=O)CC1c1cccc(Oc2ccccc2)c1. The van der Waals surface area contributed by atoms with E-state index in [0.717, 1.165) is 5.56 Å². The number of para-hydroxylation sites is 1. The molecule has 1 atom stereocenters. The number of allylic oxidation sites excluding steroid dienone is 1. The zero-order valence-corrected chi connectivity index (χ0v) is 22.0. The number of rotatable bonds is 9. The van der Waals surface area contributed by atoms with E-state index in [1.54, 1.807) is 26.0 Å². The summed E-state index contributed by atoms with van der Waals surface area (Å²) in [5.74, 6) is 0.428. The maximum Gasteiger partial charge on any atom is 0.336 e. The molecule has 0 fully saturated rings. The fourth-order valence-electron chi connectivity index (χ4n) is 4.46. The van der Waals surface area contributed by atoms with Crippen molar-refractivity contribution in [2.75, 3.05) is 6.61 Å². The largest absolute Gasteiger partial charge is 0.463 e. The van der Waals surface area contributed by atoms with Gasteiger partial charge in [0, 0.05) is 24.1 Å². The fourth-order valence-corrected chi connectivity index (χ4v) is 4.46. The number of esters is 1. The molecule has 1 N–H and O–H groups in total. The van der Waals surface area contributed by atoms with Crippen LogP contribution in [0, 0.1) is 0 Å². The Balaban J connectivity index is 1.63. The summed E-state index contributed by atoms with van der Waals surface area (Å²) in [5.41, 5.74) is 1.68. The van der Waals surface area contributed by atoms with Gasteiger partial charge in [0.1, 0.15) is 17.3 Å². The Labute approximate surface area is 222 Å². The Morgan fingerprint density at radius 1 is 1.05 bits per heavy atom. The molecule has 1 aliphatic heterocycles. The van der Waals surface area contributed by atoms with Crippen LogP contribution in [-0.4, -0.2) is 35.3 Å². The van der Waals surface area contributed by atoms with E-state index < -0.39 is 11.9 Å². The number of nitrogens with one attached hydrogen (secondary N) is 1. The van der Waals surface area contributed by atoms with Crippen LogP contribution < -0.4 is 10.1 Å². The van der Waals surface area contributed by atoms with Crippen molar-refractivity contribution in [3.05, 3.63) is 95.1 Å². The van der Waals surface area contributed by atoms with Crippen molar-refractivity contribution in [2.45, 2.75) is 52.6 Å². The third kappa shape index (κ3) is 6.14. The molecule has 0 spiro atoms. The van der Waals surface area contributed by atoms with Crippen LogP contribution in [0.4, 0.5) is 0 Å². The summed E-state index contributed by atoms with van der Waals surface area (Å²) in [6.07, 6.45) is 0.0711. The normalized spacial score (nSPS) is 15.6. The third-order valence-electron chi connectivity index (χ3n) is 6.18. The van der Waals surface area contributed by atoms with Gasteiger partial charge in [0.05, 0.1) is 18.7 Å². The van der Waals surface area contributed by atoms with E-state index in [1.807, 2.05) is 68.4 Å². The average Bonchev–Trinajstić information content (AvgIpc) is 3.36. The minimum absolute atomic E-state index is 0.0365. The topological polar surface area (TPSA) is 98.1 Å². The molecule has 198 valence electrons. The summed E-state index contributed by atoms with van der Waals surface area (Å²) < 4.78 is 17.1. The van der Waals surface area contributed by atoms with Crippen molar-refractivity contribution in [2.24, 2.45) is 0 Å². The van der Waals surface area contributed by atoms with Crippen molar-refractivity contribution in [3.63, 3.8) is 0 Å². The van der Waals surface area contributed by atoms with Gasteiger partial charge in [0.2, 0.25) is 5.91 Å². The van der Waals surface area contributed by atoms with Crippen LogP contribution in [0.2, 0.25) is 0 Å². The van der Waals surface area contributed by atoms with Crippen molar-refractivity contribution in [3.8, 4) is 11.5 Å². The number of nitrogens with zero attached hydrogens (tertiary/aromatic N) is 1. The highest BCUT2D eigenvalue weighted by molar-refractivity contribution is 5.96. The van der Waals surface area contributed by atoms with Gasteiger partial charge in [0.25, 0.3) is 5.91 Å². The Bertz CT molecular complexity index is 1340. The van der Waals surface area contributed by atoms with Crippen LogP contribution in [0.25, 0.3) is 0 Å². The smallest absolute Gasteiger partial charge is 0.336 e. The number of benzene rings is 2. The zero-order valence-electron chi connectivity index (χ0n) is 22.0. The molecule has 8 nitrogen and oxygen atoms in total. The van der Waals surface area contributed by atoms with E-state index in [4.69, 9.17) is 13.9 Å². The Morgan fingerprint density at radius 2 is 1.79 bits per heavy atom. The van der Waals surface area contributed by atoms with Gasteiger partial charge in [-0.05, 0) is 69.7 Å². The maximum absolute atomic E-state index is 13.4. The number of hydrogen-bond donors (Lipinski definition) is 1. The summed E-state index contributed by atoms with van der Waals surface area (Å²) in [7, 11) is 0. The van der Waals surface area contributed by atoms with E-state index in [0.29, 0.717) is 28.5 Å². The highest BCUT2D eigenvalue weighted by Crippen LogP contribution is 2.39. The lowest BCUT2D eigenvalue weighted by molar-refractivity contribution is -0.140. The van der Waals surface area contributed by atoms with Gasteiger partial charge in [-0.3, -0.25) is 9.59 Å².